The summed E-state index contributed by atoms with van der Waals surface area (Å²) in [4.78, 5) is 26.2. The van der Waals surface area contributed by atoms with Crippen LogP contribution in [0.15, 0.2) is 67.8 Å². The largest absolute Gasteiger partial charge is 0.484 e. The van der Waals surface area contributed by atoms with E-state index in [1.165, 1.54) is 0 Å². The number of dihydropyridines is 1. The van der Waals surface area contributed by atoms with Gasteiger partial charge in [-0.1, -0.05) is 26.0 Å². The summed E-state index contributed by atoms with van der Waals surface area (Å²) < 4.78 is 18.2. The molecule has 0 fully saturated rings. The van der Waals surface area contributed by atoms with Crippen molar-refractivity contribution in [1.29, 1.82) is 0 Å². The van der Waals surface area contributed by atoms with Crippen molar-refractivity contribution < 1.29 is 23.5 Å². The molecule has 7 heteroatoms. The van der Waals surface area contributed by atoms with E-state index in [4.69, 9.17) is 13.9 Å². The smallest absolute Gasteiger partial charge is 0.336 e. The number of hydrogen-bond acceptors (Lipinski definition) is 6. The minimum atomic E-state index is -0.610. The zero-order valence-electron chi connectivity index (χ0n) is 19.3. The molecule has 0 radical (unpaired) electrons. The first-order valence-corrected chi connectivity index (χ1v) is 11.9. The van der Waals surface area contributed by atoms with Gasteiger partial charge in [-0.3, -0.25) is 4.79 Å². The quantitative estimate of drug-likeness (QED) is 0.492. The molecule has 0 spiro atoms. The highest BCUT2D eigenvalue weighted by Gasteiger charge is 2.44. The van der Waals surface area contributed by atoms with Gasteiger partial charge in [0, 0.05) is 23.4 Å². The van der Waals surface area contributed by atoms with Crippen LogP contribution in [0.4, 0.5) is 0 Å². The third-order valence-corrected chi connectivity index (χ3v) is 6.56. The fourth-order valence-corrected chi connectivity index (χ4v) is 4.94. The Balaban J connectivity index is 1.69. The standard InChI is InChI=1S/C26H28BrNO5/c1-5-31-25(30)22-15(2)28-18-12-26(3,4)13-19(29)23(18)24(22)21-11-10-16(33-21)14-32-20-9-7-6-8-17(20)27/h6-11,24,28H,5,12-14H2,1-4H3/t24-/m0/s1. The van der Waals surface area contributed by atoms with Crippen LogP contribution in [-0.2, 0) is 20.9 Å². The number of para-hydroxylation sites is 1. The number of halogens is 1. The molecule has 1 atom stereocenters. The maximum Gasteiger partial charge on any atom is 0.336 e. The Bertz CT molecular complexity index is 1160. The highest BCUT2D eigenvalue weighted by molar-refractivity contribution is 9.10. The third kappa shape index (κ3) is 4.78. The number of nitrogens with one attached hydrogen (secondary N) is 1. The topological polar surface area (TPSA) is 77.8 Å². The average Bonchev–Trinajstić information content (AvgIpc) is 3.20. The number of Topliss-reactive ketones (excluding diaryl/α,β-unsaturated/α-hetero) is 1. The Kier molecular flexibility index (Phi) is 6.52. The Morgan fingerprint density at radius 2 is 1.97 bits per heavy atom. The van der Waals surface area contributed by atoms with Crippen LogP contribution in [0.1, 0.15) is 58.0 Å². The molecule has 0 amide bonds. The molecule has 1 aromatic carbocycles. The van der Waals surface area contributed by atoms with Gasteiger partial charge in [0.15, 0.2) is 5.78 Å². The van der Waals surface area contributed by atoms with Crippen molar-refractivity contribution in [3.05, 3.63) is 74.9 Å². The van der Waals surface area contributed by atoms with Gasteiger partial charge in [-0.2, -0.15) is 0 Å². The van der Waals surface area contributed by atoms with E-state index >= 15 is 0 Å². The molecule has 1 aromatic heterocycles. The second kappa shape index (κ2) is 9.21. The monoisotopic (exact) mass is 513 g/mol. The molecule has 33 heavy (non-hydrogen) atoms. The predicted molar refractivity (Wildman–Crippen MR) is 127 cm³/mol. The summed E-state index contributed by atoms with van der Waals surface area (Å²) in [6.45, 7) is 8.23. The Morgan fingerprint density at radius 3 is 2.70 bits per heavy atom. The molecule has 6 nitrogen and oxygen atoms in total. The van der Waals surface area contributed by atoms with E-state index in [0.29, 0.717) is 40.5 Å². The van der Waals surface area contributed by atoms with Gasteiger partial charge in [0.2, 0.25) is 0 Å². The molecule has 1 N–H and O–H groups in total. The van der Waals surface area contributed by atoms with Gasteiger partial charge >= 0.3 is 5.97 Å². The summed E-state index contributed by atoms with van der Waals surface area (Å²) in [5, 5.41) is 3.32. The first kappa shape index (κ1) is 23.4. The molecule has 2 aliphatic rings. The number of rotatable bonds is 6. The molecule has 0 saturated carbocycles. The third-order valence-electron chi connectivity index (χ3n) is 5.91. The molecule has 4 rings (SSSR count). The number of hydrogen-bond donors (Lipinski definition) is 1. The number of carbonyl (C=O) groups is 2. The Labute approximate surface area is 202 Å². The van der Waals surface area contributed by atoms with Crippen molar-refractivity contribution >= 4 is 27.7 Å². The van der Waals surface area contributed by atoms with E-state index in [9.17, 15) is 9.59 Å². The van der Waals surface area contributed by atoms with Crippen molar-refractivity contribution in [2.45, 2.75) is 53.1 Å². The normalized spacial score (nSPS) is 19.8. The van der Waals surface area contributed by atoms with Gasteiger partial charge in [0.05, 0.1) is 22.6 Å². The van der Waals surface area contributed by atoms with E-state index < -0.39 is 11.9 Å². The number of benzene rings is 1. The second-order valence-electron chi connectivity index (χ2n) is 9.17. The molecule has 2 aromatic rings. The minimum absolute atomic E-state index is 0.0236. The lowest BCUT2D eigenvalue weighted by Gasteiger charge is -2.38. The van der Waals surface area contributed by atoms with E-state index in [1.807, 2.05) is 43.3 Å². The number of ketones is 1. The van der Waals surface area contributed by atoms with E-state index in [-0.39, 0.29) is 24.4 Å². The van der Waals surface area contributed by atoms with Gasteiger partial charge in [-0.25, -0.2) is 4.79 Å². The number of allylic oxidation sites excluding steroid dienone is 3. The van der Waals surface area contributed by atoms with Crippen LogP contribution in [0.5, 0.6) is 5.75 Å². The highest BCUT2D eigenvalue weighted by Crippen LogP contribution is 2.47. The summed E-state index contributed by atoms with van der Waals surface area (Å²) in [6.07, 6.45) is 1.13. The average molecular weight is 514 g/mol. The predicted octanol–water partition coefficient (Wildman–Crippen LogP) is 5.79. The van der Waals surface area contributed by atoms with Crippen molar-refractivity contribution in [3.8, 4) is 5.75 Å². The fourth-order valence-electron chi connectivity index (χ4n) is 4.54. The summed E-state index contributed by atoms with van der Waals surface area (Å²) in [7, 11) is 0. The van der Waals surface area contributed by atoms with Gasteiger partial charge in [0.1, 0.15) is 23.9 Å². The Hall–Kier alpha value is -2.80. The minimum Gasteiger partial charge on any atom is -0.484 e. The first-order chi connectivity index (χ1) is 15.7. The van der Waals surface area contributed by atoms with Crippen LogP contribution in [0, 0.1) is 5.41 Å². The number of carbonyl (C=O) groups excluding carboxylic acids is 2. The molecule has 0 unspecified atom stereocenters. The van der Waals surface area contributed by atoms with Gasteiger partial charge in [-0.15, -0.1) is 0 Å². The van der Waals surface area contributed by atoms with E-state index in [1.54, 1.807) is 6.92 Å². The van der Waals surface area contributed by atoms with Crippen LogP contribution < -0.4 is 10.1 Å². The number of ether oxygens (including phenoxy) is 2. The Morgan fingerprint density at radius 1 is 1.21 bits per heavy atom. The molecule has 0 bridgehead atoms. The molecule has 1 aliphatic heterocycles. The van der Waals surface area contributed by atoms with Gasteiger partial charge < -0.3 is 19.2 Å². The molecular weight excluding hydrogens is 486 g/mol. The van der Waals surface area contributed by atoms with E-state index in [0.717, 1.165) is 16.6 Å². The summed E-state index contributed by atoms with van der Waals surface area (Å²) in [6, 6.07) is 11.2. The van der Waals surface area contributed by atoms with Crippen LogP contribution in [0.2, 0.25) is 0 Å². The summed E-state index contributed by atoms with van der Waals surface area (Å²) in [5.74, 6) is 0.807. The fraction of sp³-hybridized carbons (Fsp3) is 0.385. The lowest BCUT2D eigenvalue weighted by molar-refractivity contribution is -0.138. The molecular formula is C26H28BrNO5. The SMILES string of the molecule is CCOC(=O)C1=C(C)NC2=C(C(=O)CC(C)(C)C2)[C@H]1c1ccc(COc2ccccc2Br)o1. The second-order valence-corrected chi connectivity index (χ2v) is 10.0. The zero-order chi connectivity index (χ0) is 23.8. The number of furan rings is 1. The zero-order valence-corrected chi connectivity index (χ0v) is 20.9. The van der Waals surface area contributed by atoms with Crippen molar-refractivity contribution in [1.82, 2.24) is 5.32 Å². The van der Waals surface area contributed by atoms with Crippen molar-refractivity contribution in [3.63, 3.8) is 0 Å². The maximum atomic E-state index is 13.3. The molecule has 0 saturated heterocycles. The lowest BCUT2D eigenvalue weighted by atomic mass is 9.69. The van der Waals surface area contributed by atoms with E-state index in [2.05, 4.69) is 35.1 Å². The van der Waals surface area contributed by atoms with Gasteiger partial charge in [0.25, 0.3) is 0 Å². The highest BCUT2D eigenvalue weighted by atomic mass is 79.9. The maximum absolute atomic E-state index is 13.3. The molecule has 2 heterocycles. The van der Waals surface area contributed by atoms with Crippen LogP contribution in [0.25, 0.3) is 0 Å². The van der Waals surface area contributed by atoms with Crippen LogP contribution in [0.3, 0.4) is 0 Å². The van der Waals surface area contributed by atoms with Crippen molar-refractivity contribution in [2.75, 3.05) is 6.61 Å². The molecule has 1 aliphatic carbocycles. The number of esters is 1. The summed E-state index contributed by atoms with van der Waals surface area (Å²) >= 11 is 3.47. The summed E-state index contributed by atoms with van der Waals surface area (Å²) in [5.41, 5.74) is 2.40. The van der Waals surface area contributed by atoms with Crippen LogP contribution in [-0.4, -0.2) is 18.4 Å². The van der Waals surface area contributed by atoms with Gasteiger partial charge in [-0.05, 0) is 65.9 Å². The molecule has 174 valence electrons. The lowest BCUT2D eigenvalue weighted by Crippen LogP contribution is -2.38. The van der Waals surface area contributed by atoms with Crippen LogP contribution >= 0.6 is 15.9 Å². The first-order valence-electron chi connectivity index (χ1n) is 11.1. The van der Waals surface area contributed by atoms with Crippen molar-refractivity contribution in [2.24, 2.45) is 5.41 Å².